The number of hydrogen-bond acceptors (Lipinski definition) is 5. The van der Waals surface area contributed by atoms with E-state index < -0.39 is 0 Å². The quantitative estimate of drug-likeness (QED) is 0.787. The number of hydrogen-bond donors (Lipinski definition) is 1. The number of rotatable bonds is 7. The molecule has 2 rings (SSSR count). The lowest BCUT2D eigenvalue weighted by Crippen LogP contribution is -2.53. The standard InChI is InChI=1S/C17H26N2O4/c1-18(6-8-20)12-15-13-23-9-7-19(15)17(21)11-14-4-3-5-16(10-14)22-2/h3-5,10,15,20H,6-9,11-13H2,1-2H3. The average molecular weight is 322 g/mol. The van der Waals surface area contributed by atoms with Crippen LogP contribution >= 0.6 is 0 Å². The van der Waals surface area contributed by atoms with E-state index in [1.807, 2.05) is 41.1 Å². The number of morpholine rings is 1. The molecule has 1 heterocycles. The van der Waals surface area contributed by atoms with E-state index in [0.29, 0.717) is 39.3 Å². The van der Waals surface area contributed by atoms with Gasteiger partial charge in [0, 0.05) is 19.6 Å². The molecule has 1 aliphatic rings. The Bertz CT molecular complexity index is 509. The Morgan fingerprint density at radius 2 is 2.35 bits per heavy atom. The number of likely N-dealkylation sites (N-methyl/N-ethyl adjacent to an activating group) is 1. The molecular weight excluding hydrogens is 296 g/mol. The van der Waals surface area contributed by atoms with Gasteiger partial charge >= 0.3 is 0 Å². The number of aliphatic hydroxyl groups is 1. The maximum absolute atomic E-state index is 12.7. The van der Waals surface area contributed by atoms with Gasteiger partial charge in [0.15, 0.2) is 0 Å². The van der Waals surface area contributed by atoms with Crippen molar-refractivity contribution in [3.63, 3.8) is 0 Å². The zero-order valence-corrected chi connectivity index (χ0v) is 13.9. The Morgan fingerprint density at radius 1 is 1.52 bits per heavy atom. The lowest BCUT2D eigenvalue weighted by atomic mass is 10.1. The van der Waals surface area contributed by atoms with Crippen molar-refractivity contribution in [1.82, 2.24) is 9.80 Å². The molecule has 1 aliphatic heterocycles. The summed E-state index contributed by atoms with van der Waals surface area (Å²) in [4.78, 5) is 16.6. The molecule has 128 valence electrons. The average Bonchev–Trinajstić information content (AvgIpc) is 2.55. The Hall–Kier alpha value is -1.63. The van der Waals surface area contributed by atoms with Gasteiger partial charge in [0.2, 0.25) is 5.91 Å². The first-order valence-corrected chi connectivity index (χ1v) is 7.93. The first-order valence-electron chi connectivity index (χ1n) is 7.93. The molecule has 6 nitrogen and oxygen atoms in total. The highest BCUT2D eigenvalue weighted by Crippen LogP contribution is 2.16. The van der Waals surface area contributed by atoms with Gasteiger partial charge in [-0.05, 0) is 24.7 Å². The SMILES string of the molecule is COc1cccc(CC(=O)N2CCOCC2CN(C)CCO)c1. The smallest absolute Gasteiger partial charge is 0.227 e. The molecule has 1 aromatic rings. The van der Waals surface area contributed by atoms with E-state index in [9.17, 15) is 4.79 Å². The van der Waals surface area contributed by atoms with Gasteiger partial charge < -0.3 is 24.4 Å². The summed E-state index contributed by atoms with van der Waals surface area (Å²) in [6, 6.07) is 7.63. The van der Waals surface area contributed by atoms with Crippen LogP contribution in [-0.4, -0.2) is 80.5 Å². The summed E-state index contributed by atoms with van der Waals surface area (Å²) in [6.45, 7) is 3.13. The van der Waals surface area contributed by atoms with E-state index in [0.717, 1.165) is 11.3 Å². The second kappa shape index (κ2) is 8.86. The van der Waals surface area contributed by atoms with Crippen molar-refractivity contribution in [2.75, 3.05) is 53.6 Å². The van der Waals surface area contributed by atoms with Crippen LogP contribution in [0.25, 0.3) is 0 Å². The van der Waals surface area contributed by atoms with Crippen LogP contribution in [0.3, 0.4) is 0 Å². The molecule has 6 heteroatoms. The summed E-state index contributed by atoms with van der Waals surface area (Å²) in [7, 11) is 3.56. The molecule has 0 bridgehead atoms. The van der Waals surface area contributed by atoms with E-state index in [2.05, 4.69) is 0 Å². The van der Waals surface area contributed by atoms with Gasteiger partial charge in [-0.2, -0.15) is 0 Å². The molecule has 1 atom stereocenters. The highest BCUT2D eigenvalue weighted by Gasteiger charge is 2.28. The zero-order chi connectivity index (χ0) is 16.7. The molecule has 1 fully saturated rings. The van der Waals surface area contributed by atoms with Crippen molar-refractivity contribution in [3.05, 3.63) is 29.8 Å². The molecule has 0 radical (unpaired) electrons. The Balaban J connectivity index is 1.99. The summed E-state index contributed by atoms with van der Waals surface area (Å²) in [5.74, 6) is 0.862. The van der Waals surface area contributed by atoms with Crippen molar-refractivity contribution in [3.8, 4) is 5.75 Å². The van der Waals surface area contributed by atoms with Gasteiger partial charge in [0.05, 0.1) is 39.4 Å². The summed E-state index contributed by atoms with van der Waals surface area (Å²) < 4.78 is 10.7. The molecule has 0 spiro atoms. The topological polar surface area (TPSA) is 62.2 Å². The molecular formula is C17H26N2O4. The van der Waals surface area contributed by atoms with Gasteiger partial charge in [-0.3, -0.25) is 4.79 Å². The van der Waals surface area contributed by atoms with E-state index in [1.165, 1.54) is 0 Å². The Labute approximate surface area is 137 Å². The fourth-order valence-corrected chi connectivity index (χ4v) is 2.81. The fourth-order valence-electron chi connectivity index (χ4n) is 2.81. The van der Waals surface area contributed by atoms with Crippen molar-refractivity contribution >= 4 is 5.91 Å². The minimum atomic E-state index is 0.0263. The number of carbonyl (C=O) groups excluding carboxylic acids is 1. The van der Waals surface area contributed by atoms with Crippen LogP contribution in [0.5, 0.6) is 5.75 Å². The number of methoxy groups -OCH3 is 1. The highest BCUT2D eigenvalue weighted by molar-refractivity contribution is 5.79. The fraction of sp³-hybridized carbons (Fsp3) is 0.588. The number of benzene rings is 1. The normalized spacial score (nSPS) is 18.3. The minimum Gasteiger partial charge on any atom is -0.497 e. The molecule has 1 saturated heterocycles. The van der Waals surface area contributed by atoms with Gasteiger partial charge in [0.25, 0.3) is 0 Å². The third kappa shape index (κ3) is 5.20. The summed E-state index contributed by atoms with van der Waals surface area (Å²) in [5, 5.41) is 9.02. The second-order valence-corrected chi connectivity index (χ2v) is 5.83. The predicted molar refractivity (Wildman–Crippen MR) is 87.6 cm³/mol. The molecule has 0 aromatic heterocycles. The lowest BCUT2D eigenvalue weighted by molar-refractivity contribution is -0.139. The molecule has 1 aromatic carbocycles. The van der Waals surface area contributed by atoms with Crippen LogP contribution in [0.2, 0.25) is 0 Å². The van der Waals surface area contributed by atoms with E-state index >= 15 is 0 Å². The molecule has 23 heavy (non-hydrogen) atoms. The van der Waals surface area contributed by atoms with E-state index in [-0.39, 0.29) is 18.6 Å². The number of carbonyl (C=O) groups is 1. The minimum absolute atomic E-state index is 0.0263. The molecule has 0 aliphatic carbocycles. The Kier molecular flexibility index (Phi) is 6.83. The Morgan fingerprint density at radius 3 is 3.09 bits per heavy atom. The van der Waals surface area contributed by atoms with Crippen LogP contribution < -0.4 is 4.74 Å². The molecule has 0 saturated carbocycles. The van der Waals surface area contributed by atoms with Crippen LogP contribution in [-0.2, 0) is 16.0 Å². The van der Waals surface area contributed by atoms with Gasteiger partial charge in [-0.1, -0.05) is 12.1 Å². The zero-order valence-electron chi connectivity index (χ0n) is 13.9. The largest absolute Gasteiger partial charge is 0.497 e. The second-order valence-electron chi connectivity index (χ2n) is 5.83. The highest BCUT2D eigenvalue weighted by atomic mass is 16.5. The number of amides is 1. The maximum atomic E-state index is 12.7. The summed E-state index contributed by atoms with van der Waals surface area (Å²) in [6.07, 6.45) is 0.359. The van der Waals surface area contributed by atoms with Gasteiger partial charge in [0.1, 0.15) is 5.75 Å². The summed E-state index contributed by atoms with van der Waals surface area (Å²) in [5.41, 5.74) is 0.948. The lowest BCUT2D eigenvalue weighted by Gasteiger charge is -2.37. The first-order chi connectivity index (χ1) is 11.1. The third-order valence-electron chi connectivity index (χ3n) is 4.04. The molecule has 1 unspecified atom stereocenters. The monoisotopic (exact) mass is 322 g/mol. The van der Waals surface area contributed by atoms with Crippen molar-refractivity contribution in [1.29, 1.82) is 0 Å². The predicted octanol–water partition coefficient (Wildman–Crippen LogP) is 0.389. The van der Waals surface area contributed by atoms with Crippen LogP contribution in [0.15, 0.2) is 24.3 Å². The number of aliphatic hydroxyl groups excluding tert-OH is 1. The molecule has 1 amide bonds. The van der Waals surface area contributed by atoms with Crippen LogP contribution in [0.4, 0.5) is 0 Å². The van der Waals surface area contributed by atoms with Crippen LogP contribution in [0.1, 0.15) is 5.56 Å². The van der Waals surface area contributed by atoms with Gasteiger partial charge in [-0.25, -0.2) is 0 Å². The van der Waals surface area contributed by atoms with Crippen molar-refractivity contribution in [2.24, 2.45) is 0 Å². The van der Waals surface area contributed by atoms with Crippen molar-refractivity contribution in [2.45, 2.75) is 12.5 Å². The first kappa shape index (κ1) is 17.7. The van der Waals surface area contributed by atoms with E-state index in [1.54, 1.807) is 7.11 Å². The number of ether oxygens (including phenoxy) is 2. The van der Waals surface area contributed by atoms with Crippen molar-refractivity contribution < 1.29 is 19.4 Å². The van der Waals surface area contributed by atoms with Crippen LogP contribution in [0, 0.1) is 0 Å². The third-order valence-corrected chi connectivity index (χ3v) is 4.04. The number of nitrogens with zero attached hydrogens (tertiary/aromatic N) is 2. The van der Waals surface area contributed by atoms with Gasteiger partial charge in [-0.15, -0.1) is 0 Å². The maximum Gasteiger partial charge on any atom is 0.227 e. The summed E-state index contributed by atoms with van der Waals surface area (Å²) >= 11 is 0. The molecule has 1 N–H and O–H groups in total. The van der Waals surface area contributed by atoms with E-state index in [4.69, 9.17) is 14.6 Å².